The van der Waals surface area contributed by atoms with Crippen molar-refractivity contribution in [3.63, 3.8) is 0 Å². The summed E-state index contributed by atoms with van der Waals surface area (Å²) in [6, 6.07) is 9.79. The Bertz CT molecular complexity index is 841. The van der Waals surface area contributed by atoms with Gasteiger partial charge in [-0.25, -0.2) is 0 Å². The molecule has 3 rings (SSSR count). The van der Waals surface area contributed by atoms with E-state index >= 15 is 0 Å². The topological polar surface area (TPSA) is 44.2 Å². The highest BCUT2D eigenvalue weighted by Crippen LogP contribution is 2.26. The van der Waals surface area contributed by atoms with Gasteiger partial charge in [-0.15, -0.1) is 0 Å². The van der Waals surface area contributed by atoms with Gasteiger partial charge in [0.15, 0.2) is 5.11 Å². The van der Waals surface area contributed by atoms with Crippen LogP contribution in [0.1, 0.15) is 17.0 Å². The predicted octanol–water partition coefficient (Wildman–Crippen LogP) is 4.27. The molecule has 126 valence electrons. The van der Waals surface area contributed by atoms with Crippen LogP contribution in [0.5, 0.6) is 0 Å². The van der Waals surface area contributed by atoms with E-state index in [0.29, 0.717) is 11.7 Å². The van der Waals surface area contributed by atoms with Crippen LogP contribution < -0.4 is 5.32 Å². The minimum absolute atomic E-state index is 0.648. The molecule has 0 spiro atoms. The summed E-state index contributed by atoms with van der Waals surface area (Å²) in [4.78, 5) is 5.53. The molecule has 0 aliphatic rings. The van der Waals surface area contributed by atoms with E-state index in [-0.39, 0.29) is 0 Å². The number of H-pyrrole nitrogens is 1. The van der Waals surface area contributed by atoms with Gasteiger partial charge in [0.1, 0.15) is 5.76 Å². The number of hydrogen-bond acceptors (Lipinski definition) is 2. The molecular formula is C18H20ClN3OS. The number of nitrogens with one attached hydrogen (secondary N) is 2. The van der Waals surface area contributed by atoms with Crippen molar-refractivity contribution in [3.8, 4) is 0 Å². The molecule has 6 heteroatoms. The van der Waals surface area contributed by atoms with E-state index in [1.807, 2.05) is 37.4 Å². The van der Waals surface area contributed by atoms with Gasteiger partial charge in [-0.1, -0.05) is 11.6 Å². The number of thiocarbonyl (C=S) groups is 1. The lowest BCUT2D eigenvalue weighted by Crippen LogP contribution is -2.38. The Morgan fingerprint density at radius 2 is 2.21 bits per heavy atom. The van der Waals surface area contributed by atoms with Crippen LogP contribution in [-0.4, -0.2) is 28.6 Å². The summed E-state index contributed by atoms with van der Waals surface area (Å²) < 4.78 is 5.45. The van der Waals surface area contributed by atoms with Gasteiger partial charge in [-0.05, 0) is 61.5 Å². The van der Waals surface area contributed by atoms with Gasteiger partial charge in [-0.3, -0.25) is 0 Å². The second-order valence-corrected chi connectivity index (χ2v) is 6.55. The van der Waals surface area contributed by atoms with Crippen LogP contribution >= 0.6 is 23.8 Å². The fourth-order valence-electron chi connectivity index (χ4n) is 2.92. The Morgan fingerprint density at radius 1 is 1.38 bits per heavy atom. The van der Waals surface area contributed by atoms with E-state index in [1.54, 1.807) is 6.26 Å². The minimum Gasteiger partial charge on any atom is -0.467 e. The summed E-state index contributed by atoms with van der Waals surface area (Å²) in [5, 5.41) is 5.69. The lowest BCUT2D eigenvalue weighted by molar-refractivity contribution is 0.362. The van der Waals surface area contributed by atoms with Gasteiger partial charge in [-0.2, -0.15) is 0 Å². The largest absolute Gasteiger partial charge is 0.467 e. The number of nitrogens with zero attached hydrogens (tertiary/aromatic N) is 1. The summed E-state index contributed by atoms with van der Waals surface area (Å²) >= 11 is 11.6. The molecule has 0 aliphatic carbocycles. The van der Waals surface area contributed by atoms with Gasteiger partial charge in [0.05, 0.1) is 12.8 Å². The molecule has 0 aliphatic heterocycles. The molecule has 2 heterocycles. The van der Waals surface area contributed by atoms with Crippen molar-refractivity contribution in [1.82, 2.24) is 15.2 Å². The number of aromatic amines is 1. The van der Waals surface area contributed by atoms with Crippen LogP contribution in [0.25, 0.3) is 10.9 Å². The molecule has 0 unspecified atom stereocenters. The third-order valence-corrected chi connectivity index (χ3v) is 4.84. The van der Waals surface area contributed by atoms with Crippen LogP contribution in [0, 0.1) is 6.92 Å². The van der Waals surface area contributed by atoms with Crippen molar-refractivity contribution >= 4 is 39.8 Å². The number of aromatic nitrogens is 1. The fraction of sp³-hybridized carbons (Fsp3) is 0.278. The maximum absolute atomic E-state index is 6.16. The molecule has 2 aromatic heterocycles. The molecule has 0 bridgehead atoms. The summed E-state index contributed by atoms with van der Waals surface area (Å²) in [5.74, 6) is 0.895. The van der Waals surface area contributed by atoms with E-state index in [1.165, 1.54) is 16.6 Å². The quantitative estimate of drug-likeness (QED) is 0.666. The lowest BCUT2D eigenvalue weighted by atomic mass is 10.1. The van der Waals surface area contributed by atoms with Crippen LogP contribution in [0.15, 0.2) is 41.0 Å². The van der Waals surface area contributed by atoms with Gasteiger partial charge in [0.25, 0.3) is 0 Å². The van der Waals surface area contributed by atoms with E-state index in [9.17, 15) is 0 Å². The highest BCUT2D eigenvalue weighted by atomic mass is 35.5. The molecule has 3 aromatic rings. The molecule has 24 heavy (non-hydrogen) atoms. The molecule has 4 nitrogen and oxygen atoms in total. The average molecular weight is 362 g/mol. The van der Waals surface area contributed by atoms with Gasteiger partial charge >= 0.3 is 0 Å². The molecule has 0 fully saturated rings. The zero-order chi connectivity index (χ0) is 17.1. The number of benzene rings is 1. The van der Waals surface area contributed by atoms with E-state index in [2.05, 4.69) is 22.1 Å². The predicted molar refractivity (Wildman–Crippen MR) is 103 cm³/mol. The van der Waals surface area contributed by atoms with Crippen LogP contribution in [0.4, 0.5) is 0 Å². The van der Waals surface area contributed by atoms with Crippen LogP contribution in [-0.2, 0) is 13.0 Å². The second kappa shape index (κ2) is 7.28. The van der Waals surface area contributed by atoms with Gasteiger partial charge in [0.2, 0.25) is 0 Å². The summed E-state index contributed by atoms with van der Waals surface area (Å²) in [6.07, 6.45) is 2.55. The van der Waals surface area contributed by atoms with Crippen LogP contribution in [0.3, 0.4) is 0 Å². The second-order valence-electron chi connectivity index (χ2n) is 5.72. The van der Waals surface area contributed by atoms with Gasteiger partial charge in [0, 0.05) is 35.2 Å². The first kappa shape index (κ1) is 16.9. The molecule has 0 saturated heterocycles. The first-order valence-corrected chi connectivity index (χ1v) is 8.63. The van der Waals surface area contributed by atoms with Crippen molar-refractivity contribution < 1.29 is 4.42 Å². The smallest absolute Gasteiger partial charge is 0.169 e. The van der Waals surface area contributed by atoms with E-state index < -0.39 is 0 Å². The Labute approximate surface area is 151 Å². The molecule has 0 atom stereocenters. The monoisotopic (exact) mass is 361 g/mol. The normalized spacial score (nSPS) is 11.0. The Hall–Kier alpha value is -1.98. The van der Waals surface area contributed by atoms with Crippen LogP contribution in [0.2, 0.25) is 5.02 Å². The zero-order valence-corrected chi connectivity index (χ0v) is 15.3. The Balaban J connectivity index is 1.80. The number of halogens is 1. The maximum Gasteiger partial charge on any atom is 0.169 e. The Morgan fingerprint density at radius 3 is 2.92 bits per heavy atom. The van der Waals surface area contributed by atoms with Gasteiger partial charge < -0.3 is 19.6 Å². The summed E-state index contributed by atoms with van der Waals surface area (Å²) in [7, 11) is 1.84. The SMILES string of the molecule is CNC(=S)N(CCc1c(C)[nH]c2ccc(Cl)cc12)Cc1ccco1. The highest BCUT2D eigenvalue weighted by Gasteiger charge is 2.14. The third kappa shape index (κ3) is 3.57. The summed E-state index contributed by atoms with van der Waals surface area (Å²) in [6.45, 7) is 3.53. The van der Waals surface area contributed by atoms with Crippen molar-refractivity contribution in [1.29, 1.82) is 0 Å². The van der Waals surface area contributed by atoms with Crippen molar-refractivity contribution in [2.24, 2.45) is 0 Å². The van der Waals surface area contributed by atoms with Crippen molar-refractivity contribution in [2.45, 2.75) is 19.9 Å². The first-order valence-electron chi connectivity index (χ1n) is 7.84. The van der Waals surface area contributed by atoms with E-state index in [0.717, 1.165) is 29.3 Å². The average Bonchev–Trinajstić information content (AvgIpc) is 3.18. The highest BCUT2D eigenvalue weighted by molar-refractivity contribution is 7.80. The molecule has 0 radical (unpaired) electrons. The fourth-order valence-corrected chi connectivity index (χ4v) is 3.25. The third-order valence-electron chi connectivity index (χ3n) is 4.14. The molecule has 1 aromatic carbocycles. The number of furan rings is 1. The standard InChI is InChI=1S/C18H20ClN3OS/c1-12-15(16-10-13(19)5-6-17(16)21-12)7-8-22(18(24)20-2)11-14-4-3-9-23-14/h3-6,9-10,21H,7-8,11H2,1-2H3,(H,20,24). The molecule has 0 amide bonds. The first-order chi connectivity index (χ1) is 11.6. The number of fused-ring (bicyclic) bond motifs is 1. The van der Waals surface area contributed by atoms with E-state index in [4.69, 9.17) is 28.2 Å². The lowest BCUT2D eigenvalue weighted by Gasteiger charge is -2.24. The number of aryl methyl sites for hydroxylation is 1. The van der Waals surface area contributed by atoms with Crippen molar-refractivity contribution in [3.05, 3.63) is 58.6 Å². The number of hydrogen-bond donors (Lipinski definition) is 2. The molecular weight excluding hydrogens is 342 g/mol. The number of rotatable bonds is 5. The maximum atomic E-state index is 6.16. The molecule has 2 N–H and O–H groups in total. The Kier molecular flexibility index (Phi) is 5.11. The van der Waals surface area contributed by atoms with Crippen molar-refractivity contribution in [2.75, 3.05) is 13.6 Å². The summed E-state index contributed by atoms with van der Waals surface area (Å²) in [5.41, 5.74) is 3.55. The zero-order valence-electron chi connectivity index (χ0n) is 13.7. The molecule has 0 saturated carbocycles. The minimum atomic E-state index is 0.648.